The minimum Gasteiger partial charge on any atom is -0.376 e. The maximum Gasteiger partial charge on any atom is 0.277 e. The van der Waals surface area contributed by atoms with Gasteiger partial charge in [-0.2, -0.15) is 0 Å². The summed E-state index contributed by atoms with van der Waals surface area (Å²) in [5.74, 6) is 0. The third-order valence-corrected chi connectivity index (χ3v) is 3.90. The minimum atomic E-state index is -0.0262. The van der Waals surface area contributed by atoms with Gasteiger partial charge in [0.1, 0.15) is 11.0 Å². The lowest BCUT2D eigenvalue weighted by Crippen LogP contribution is -2.26. The van der Waals surface area contributed by atoms with Crippen molar-refractivity contribution in [2.75, 3.05) is 6.61 Å². The van der Waals surface area contributed by atoms with Gasteiger partial charge in [-0.15, -0.1) is 0 Å². The predicted octanol–water partition coefficient (Wildman–Crippen LogP) is 2.06. The zero-order chi connectivity index (χ0) is 13.5. The Bertz CT molecular complexity index is 828. The maximum atomic E-state index is 12.5. The number of benzene rings is 1. The van der Waals surface area contributed by atoms with E-state index in [1.54, 1.807) is 10.9 Å². The first-order valence-corrected chi connectivity index (χ1v) is 6.90. The van der Waals surface area contributed by atoms with Crippen LogP contribution >= 0.6 is 0 Å². The van der Waals surface area contributed by atoms with Gasteiger partial charge in [-0.3, -0.25) is 9.36 Å². The predicted molar refractivity (Wildman–Crippen MR) is 76.8 cm³/mol. The number of hydrogen-bond donors (Lipinski definition) is 1. The quantitative estimate of drug-likeness (QED) is 0.774. The van der Waals surface area contributed by atoms with Crippen molar-refractivity contribution in [1.29, 1.82) is 0 Å². The van der Waals surface area contributed by atoms with Gasteiger partial charge >= 0.3 is 0 Å². The van der Waals surface area contributed by atoms with Crippen molar-refractivity contribution in [3.8, 4) is 0 Å². The number of rotatable bonds is 2. The molecule has 1 aromatic carbocycles. The van der Waals surface area contributed by atoms with Crippen molar-refractivity contribution < 1.29 is 4.74 Å². The van der Waals surface area contributed by atoms with Gasteiger partial charge in [-0.25, -0.2) is 4.98 Å². The first-order chi connectivity index (χ1) is 9.83. The van der Waals surface area contributed by atoms with Gasteiger partial charge < -0.3 is 9.72 Å². The molecule has 1 unspecified atom stereocenters. The van der Waals surface area contributed by atoms with Crippen molar-refractivity contribution in [3.05, 3.63) is 40.9 Å². The lowest BCUT2D eigenvalue weighted by atomic mass is 10.2. The number of fused-ring (bicyclic) bond motifs is 3. The van der Waals surface area contributed by atoms with Gasteiger partial charge in [0.25, 0.3) is 5.56 Å². The molecule has 1 atom stereocenters. The highest BCUT2D eigenvalue weighted by Gasteiger charge is 2.18. The SMILES string of the molecule is O=c1c2[nH]c3ccccc3c2ncn1CC1CCCO1. The molecule has 1 fully saturated rings. The van der Waals surface area contributed by atoms with Crippen LogP contribution in [0.2, 0.25) is 0 Å². The number of ether oxygens (including phenoxy) is 1. The Morgan fingerprint density at radius 2 is 2.30 bits per heavy atom. The van der Waals surface area contributed by atoms with E-state index in [2.05, 4.69) is 9.97 Å². The van der Waals surface area contributed by atoms with Crippen LogP contribution in [0.15, 0.2) is 35.4 Å². The van der Waals surface area contributed by atoms with Gasteiger partial charge in [-0.1, -0.05) is 18.2 Å². The van der Waals surface area contributed by atoms with E-state index in [1.807, 2.05) is 24.3 Å². The van der Waals surface area contributed by atoms with Crippen LogP contribution in [-0.4, -0.2) is 27.2 Å². The van der Waals surface area contributed by atoms with E-state index >= 15 is 0 Å². The topological polar surface area (TPSA) is 59.9 Å². The molecule has 1 saturated heterocycles. The largest absolute Gasteiger partial charge is 0.376 e. The Morgan fingerprint density at radius 3 is 3.15 bits per heavy atom. The van der Waals surface area contributed by atoms with E-state index in [4.69, 9.17) is 4.74 Å². The van der Waals surface area contributed by atoms with E-state index in [9.17, 15) is 4.79 Å². The lowest BCUT2D eigenvalue weighted by molar-refractivity contribution is 0.0960. The summed E-state index contributed by atoms with van der Waals surface area (Å²) in [6.07, 6.45) is 3.85. The Hall–Kier alpha value is -2.14. The molecule has 0 bridgehead atoms. The number of nitrogens with zero attached hydrogens (tertiary/aromatic N) is 2. The molecule has 4 rings (SSSR count). The molecule has 3 aromatic rings. The Kier molecular flexibility index (Phi) is 2.60. The highest BCUT2D eigenvalue weighted by atomic mass is 16.5. The Morgan fingerprint density at radius 1 is 1.40 bits per heavy atom. The van der Waals surface area contributed by atoms with Crippen LogP contribution in [-0.2, 0) is 11.3 Å². The normalized spacial score (nSPS) is 19.1. The molecule has 0 radical (unpaired) electrons. The molecule has 102 valence electrons. The number of aromatic nitrogens is 3. The first kappa shape index (κ1) is 11.7. The summed E-state index contributed by atoms with van der Waals surface area (Å²) in [6.45, 7) is 1.37. The van der Waals surface area contributed by atoms with E-state index < -0.39 is 0 Å². The monoisotopic (exact) mass is 269 g/mol. The average molecular weight is 269 g/mol. The van der Waals surface area contributed by atoms with Gasteiger partial charge in [0.2, 0.25) is 0 Å². The molecule has 0 aliphatic carbocycles. The third kappa shape index (κ3) is 1.74. The summed E-state index contributed by atoms with van der Waals surface area (Å²) in [7, 11) is 0. The van der Waals surface area contributed by atoms with Crippen LogP contribution in [0.25, 0.3) is 21.9 Å². The molecule has 3 heterocycles. The lowest BCUT2D eigenvalue weighted by Gasteiger charge is -2.10. The molecular weight excluding hydrogens is 254 g/mol. The molecule has 5 nitrogen and oxygen atoms in total. The van der Waals surface area contributed by atoms with Crippen LogP contribution in [0.3, 0.4) is 0 Å². The summed E-state index contributed by atoms with van der Waals surface area (Å²) >= 11 is 0. The molecule has 1 aliphatic rings. The van der Waals surface area contributed by atoms with E-state index in [-0.39, 0.29) is 11.7 Å². The molecule has 5 heteroatoms. The zero-order valence-electron chi connectivity index (χ0n) is 11.0. The number of nitrogens with one attached hydrogen (secondary N) is 1. The Labute approximate surface area is 115 Å². The van der Waals surface area contributed by atoms with Crippen molar-refractivity contribution in [1.82, 2.24) is 14.5 Å². The standard InChI is InChI=1S/C15H15N3O2/c19-15-14-13(11-5-1-2-6-12(11)17-14)16-9-18(15)8-10-4-3-7-20-10/h1-2,5-6,9-10,17H,3-4,7-8H2. The first-order valence-electron chi connectivity index (χ1n) is 6.90. The molecule has 1 N–H and O–H groups in total. The molecule has 20 heavy (non-hydrogen) atoms. The summed E-state index contributed by atoms with van der Waals surface area (Å²) < 4.78 is 7.23. The summed E-state index contributed by atoms with van der Waals surface area (Å²) in [5, 5.41) is 0.990. The number of hydrogen-bond acceptors (Lipinski definition) is 3. The summed E-state index contributed by atoms with van der Waals surface area (Å²) in [5.41, 5.74) is 2.24. The van der Waals surface area contributed by atoms with Crippen molar-refractivity contribution in [2.45, 2.75) is 25.5 Å². The van der Waals surface area contributed by atoms with Crippen molar-refractivity contribution in [3.63, 3.8) is 0 Å². The molecule has 0 saturated carbocycles. The van der Waals surface area contributed by atoms with Gasteiger partial charge in [0, 0.05) is 17.5 Å². The van der Waals surface area contributed by atoms with Gasteiger partial charge in [0.05, 0.1) is 19.0 Å². The van der Waals surface area contributed by atoms with E-state index in [1.165, 1.54) is 0 Å². The zero-order valence-corrected chi connectivity index (χ0v) is 11.0. The van der Waals surface area contributed by atoms with E-state index in [0.29, 0.717) is 12.1 Å². The fourth-order valence-corrected chi connectivity index (χ4v) is 2.88. The van der Waals surface area contributed by atoms with Crippen LogP contribution in [0.1, 0.15) is 12.8 Å². The van der Waals surface area contributed by atoms with Gasteiger partial charge in [0.15, 0.2) is 0 Å². The average Bonchev–Trinajstić information content (AvgIpc) is 3.09. The second kappa shape index (κ2) is 4.45. The van der Waals surface area contributed by atoms with Crippen LogP contribution < -0.4 is 5.56 Å². The fourth-order valence-electron chi connectivity index (χ4n) is 2.88. The fraction of sp³-hybridized carbons (Fsp3) is 0.333. The highest BCUT2D eigenvalue weighted by molar-refractivity contribution is 6.04. The minimum absolute atomic E-state index is 0.0262. The van der Waals surface area contributed by atoms with Crippen LogP contribution in [0.5, 0.6) is 0 Å². The molecular formula is C15H15N3O2. The Balaban J connectivity index is 1.85. The number of para-hydroxylation sites is 1. The van der Waals surface area contributed by atoms with Crippen molar-refractivity contribution in [2.24, 2.45) is 0 Å². The summed E-state index contributed by atoms with van der Waals surface area (Å²) in [4.78, 5) is 20.1. The van der Waals surface area contributed by atoms with E-state index in [0.717, 1.165) is 35.9 Å². The van der Waals surface area contributed by atoms with Crippen molar-refractivity contribution >= 4 is 21.9 Å². The maximum absolute atomic E-state index is 12.5. The second-order valence-electron chi connectivity index (χ2n) is 5.23. The van der Waals surface area contributed by atoms with Gasteiger partial charge in [-0.05, 0) is 18.9 Å². The summed E-state index contributed by atoms with van der Waals surface area (Å²) in [6, 6.07) is 7.84. The second-order valence-corrected chi connectivity index (χ2v) is 5.23. The molecule has 0 spiro atoms. The molecule has 0 amide bonds. The van der Waals surface area contributed by atoms with Crippen LogP contribution in [0.4, 0.5) is 0 Å². The molecule has 1 aliphatic heterocycles. The number of H-pyrrole nitrogens is 1. The highest BCUT2D eigenvalue weighted by Crippen LogP contribution is 2.21. The molecule has 2 aromatic heterocycles. The smallest absolute Gasteiger partial charge is 0.277 e. The number of aromatic amines is 1. The van der Waals surface area contributed by atoms with Crippen LogP contribution in [0, 0.1) is 0 Å². The third-order valence-electron chi connectivity index (χ3n) is 3.90.